The number of carbonyl (C=O) groups excluding carboxylic acids is 3. The van der Waals surface area contributed by atoms with E-state index in [-0.39, 0.29) is 12.3 Å². The van der Waals surface area contributed by atoms with Gasteiger partial charge in [-0.05, 0) is 50.7 Å². The first-order valence-corrected chi connectivity index (χ1v) is 12.1. The third-order valence-electron chi connectivity index (χ3n) is 4.84. The molecule has 3 amide bonds. The summed E-state index contributed by atoms with van der Waals surface area (Å²) in [5, 5.41) is 26.7. The summed E-state index contributed by atoms with van der Waals surface area (Å²) in [4.78, 5) is 49.2. The van der Waals surface area contributed by atoms with Gasteiger partial charge in [-0.2, -0.15) is 11.8 Å². The minimum atomic E-state index is -1.33. The zero-order valence-corrected chi connectivity index (χ0v) is 20.1. The summed E-state index contributed by atoms with van der Waals surface area (Å²) in [5.41, 5.74) is 11.3. The molecule has 9 N–H and O–H groups in total. The number of aliphatic carboxylic acids is 1. The Morgan fingerprint density at radius 3 is 1.97 bits per heavy atom. The van der Waals surface area contributed by atoms with Crippen LogP contribution in [0.15, 0.2) is 0 Å². The number of nitrogens with two attached hydrogens (primary N) is 2. The van der Waals surface area contributed by atoms with Crippen LogP contribution in [0.25, 0.3) is 0 Å². The SMILES string of the molecule is CSCCC(NC(=O)C(NC(=O)C(N)CCCCN)C(C)O)C(=O)NC(C(=O)O)C(C)C. The quantitative estimate of drug-likeness (QED) is 0.133. The molecule has 0 fully saturated rings. The van der Waals surface area contributed by atoms with Crippen LogP contribution < -0.4 is 27.4 Å². The first-order valence-electron chi connectivity index (χ1n) is 10.7. The molecule has 5 atom stereocenters. The van der Waals surface area contributed by atoms with Crippen LogP contribution in [0.2, 0.25) is 0 Å². The number of thioether (sulfide) groups is 1. The van der Waals surface area contributed by atoms with Gasteiger partial charge in [0.25, 0.3) is 0 Å². The Bertz CT molecular complexity index is 619. The average molecular weight is 478 g/mol. The summed E-state index contributed by atoms with van der Waals surface area (Å²) < 4.78 is 0. The lowest BCUT2D eigenvalue weighted by molar-refractivity contribution is -0.143. The van der Waals surface area contributed by atoms with Crippen molar-refractivity contribution in [1.29, 1.82) is 0 Å². The number of carbonyl (C=O) groups is 4. The molecule has 0 aliphatic heterocycles. The molecule has 0 saturated carbocycles. The zero-order chi connectivity index (χ0) is 24.8. The van der Waals surface area contributed by atoms with E-state index in [1.54, 1.807) is 13.8 Å². The van der Waals surface area contributed by atoms with Gasteiger partial charge >= 0.3 is 5.97 Å². The molecule has 0 aromatic carbocycles. The monoisotopic (exact) mass is 477 g/mol. The second kappa shape index (κ2) is 15.8. The lowest BCUT2D eigenvalue weighted by Gasteiger charge is -2.27. The molecule has 0 aromatic heterocycles. The molecule has 0 rings (SSSR count). The van der Waals surface area contributed by atoms with Crippen LogP contribution in [-0.2, 0) is 19.2 Å². The van der Waals surface area contributed by atoms with E-state index in [9.17, 15) is 29.4 Å². The molecule has 32 heavy (non-hydrogen) atoms. The molecule has 0 aliphatic carbocycles. The van der Waals surface area contributed by atoms with E-state index in [0.717, 1.165) is 0 Å². The normalized spacial score (nSPS) is 15.9. The number of aliphatic hydroxyl groups is 1. The van der Waals surface area contributed by atoms with Crippen molar-refractivity contribution in [2.75, 3.05) is 18.6 Å². The average Bonchev–Trinajstić information content (AvgIpc) is 2.71. The third kappa shape index (κ3) is 11.1. The topological polar surface area (TPSA) is 197 Å². The van der Waals surface area contributed by atoms with E-state index in [1.807, 2.05) is 6.26 Å². The Kier molecular flexibility index (Phi) is 14.9. The van der Waals surface area contributed by atoms with E-state index in [0.29, 0.717) is 31.6 Å². The molecule has 12 heteroatoms. The fourth-order valence-corrected chi connectivity index (χ4v) is 3.31. The van der Waals surface area contributed by atoms with Crippen molar-refractivity contribution in [2.24, 2.45) is 17.4 Å². The molecule has 0 heterocycles. The first-order chi connectivity index (χ1) is 15.0. The van der Waals surface area contributed by atoms with Crippen LogP contribution in [0.5, 0.6) is 0 Å². The summed E-state index contributed by atoms with van der Waals surface area (Å²) in [6.07, 6.45) is 2.55. The number of hydrogen-bond acceptors (Lipinski definition) is 8. The van der Waals surface area contributed by atoms with Crippen molar-refractivity contribution in [1.82, 2.24) is 16.0 Å². The third-order valence-corrected chi connectivity index (χ3v) is 5.49. The van der Waals surface area contributed by atoms with Crippen LogP contribution in [0.3, 0.4) is 0 Å². The molecular formula is C20H39N5O6S. The van der Waals surface area contributed by atoms with Gasteiger partial charge in [-0.25, -0.2) is 4.79 Å². The highest BCUT2D eigenvalue weighted by Gasteiger charge is 2.32. The summed E-state index contributed by atoms with van der Waals surface area (Å²) in [6.45, 7) is 5.13. The van der Waals surface area contributed by atoms with Crippen LogP contribution in [0, 0.1) is 5.92 Å². The second-order valence-corrected chi connectivity index (χ2v) is 9.01. The molecule has 0 saturated heterocycles. The highest BCUT2D eigenvalue weighted by Crippen LogP contribution is 2.07. The number of aliphatic hydroxyl groups excluding tert-OH is 1. The maximum absolute atomic E-state index is 12.8. The number of carboxylic acid groups (broad SMARTS) is 1. The minimum absolute atomic E-state index is 0.238. The van der Waals surface area contributed by atoms with Gasteiger partial charge < -0.3 is 37.6 Å². The van der Waals surface area contributed by atoms with Crippen LogP contribution in [-0.4, -0.2) is 82.7 Å². The predicted octanol–water partition coefficient (Wildman–Crippen LogP) is -1.23. The van der Waals surface area contributed by atoms with Crippen molar-refractivity contribution < 1.29 is 29.4 Å². The molecule has 186 valence electrons. The van der Waals surface area contributed by atoms with Crippen LogP contribution in [0.1, 0.15) is 46.5 Å². The second-order valence-electron chi connectivity index (χ2n) is 8.03. The number of nitrogens with one attached hydrogen (secondary N) is 3. The maximum atomic E-state index is 12.8. The van der Waals surface area contributed by atoms with Crippen molar-refractivity contribution in [2.45, 2.75) is 76.7 Å². The summed E-state index contributed by atoms with van der Waals surface area (Å²) in [7, 11) is 0. The van der Waals surface area contributed by atoms with Gasteiger partial charge in [-0.3, -0.25) is 14.4 Å². The van der Waals surface area contributed by atoms with Crippen LogP contribution >= 0.6 is 11.8 Å². The highest BCUT2D eigenvalue weighted by atomic mass is 32.2. The Morgan fingerprint density at radius 2 is 1.50 bits per heavy atom. The minimum Gasteiger partial charge on any atom is -0.480 e. The van der Waals surface area contributed by atoms with Gasteiger partial charge in [0, 0.05) is 0 Å². The summed E-state index contributed by atoms with van der Waals surface area (Å²) in [6, 6.07) is -4.34. The standard InChI is InChI=1S/C20H39N5O6S/c1-11(2)15(20(30)31)24-18(28)14(8-10-32-4)23-19(29)16(12(3)26)25-17(27)13(22)7-5-6-9-21/h11-16,26H,5-10,21-22H2,1-4H3,(H,23,29)(H,24,28)(H,25,27)(H,30,31). The van der Waals surface area contributed by atoms with Gasteiger partial charge in [0.1, 0.15) is 18.1 Å². The number of carboxylic acids is 1. The van der Waals surface area contributed by atoms with Crippen molar-refractivity contribution in [3.8, 4) is 0 Å². The van der Waals surface area contributed by atoms with Crippen molar-refractivity contribution in [3.05, 3.63) is 0 Å². The smallest absolute Gasteiger partial charge is 0.326 e. The van der Waals surface area contributed by atoms with Gasteiger partial charge in [-0.1, -0.05) is 20.3 Å². The summed E-state index contributed by atoms with van der Waals surface area (Å²) >= 11 is 1.45. The Hall–Kier alpha value is -1.89. The van der Waals surface area contributed by atoms with E-state index < -0.39 is 54.0 Å². The maximum Gasteiger partial charge on any atom is 0.326 e. The molecule has 11 nitrogen and oxygen atoms in total. The van der Waals surface area contributed by atoms with Gasteiger partial charge in [0.2, 0.25) is 17.7 Å². The van der Waals surface area contributed by atoms with E-state index in [2.05, 4.69) is 16.0 Å². The number of unbranched alkanes of at least 4 members (excludes halogenated alkanes) is 1. The molecule has 0 bridgehead atoms. The Morgan fingerprint density at radius 1 is 0.906 bits per heavy atom. The van der Waals surface area contributed by atoms with Gasteiger partial charge in [0.05, 0.1) is 12.1 Å². The Balaban J connectivity index is 5.28. The fraction of sp³-hybridized carbons (Fsp3) is 0.800. The molecule has 0 aliphatic rings. The Labute approximate surface area is 193 Å². The number of hydrogen-bond donors (Lipinski definition) is 7. The molecule has 0 spiro atoms. The van der Waals surface area contributed by atoms with Gasteiger partial charge in [0.15, 0.2) is 0 Å². The first kappa shape index (κ1) is 30.1. The van der Waals surface area contributed by atoms with E-state index >= 15 is 0 Å². The number of rotatable bonds is 16. The lowest BCUT2D eigenvalue weighted by atomic mass is 10.0. The number of amides is 3. The lowest BCUT2D eigenvalue weighted by Crippen LogP contribution is -2.60. The van der Waals surface area contributed by atoms with Crippen LogP contribution in [0.4, 0.5) is 0 Å². The van der Waals surface area contributed by atoms with Gasteiger partial charge in [-0.15, -0.1) is 0 Å². The molecular weight excluding hydrogens is 438 g/mol. The molecule has 5 unspecified atom stereocenters. The van der Waals surface area contributed by atoms with E-state index in [1.165, 1.54) is 18.7 Å². The largest absolute Gasteiger partial charge is 0.480 e. The van der Waals surface area contributed by atoms with E-state index in [4.69, 9.17) is 11.5 Å². The van der Waals surface area contributed by atoms with Crippen molar-refractivity contribution in [3.63, 3.8) is 0 Å². The fourth-order valence-electron chi connectivity index (χ4n) is 2.84. The predicted molar refractivity (Wildman–Crippen MR) is 124 cm³/mol. The zero-order valence-electron chi connectivity index (χ0n) is 19.3. The highest BCUT2D eigenvalue weighted by molar-refractivity contribution is 7.98. The van der Waals surface area contributed by atoms with Crippen molar-refractivity contribution >= 4 is 35.5 Å². The summed E-state index contributed by atoms with van der Waals surface area (Å²) in [5.74, 6) is -3.03. The molecule has 0 aromatic rings. The molecule has 0 radical (unpaired) electrons.